The number of carbonyl (C=O) groups is 1. The van der Waals surface area contributed by atoms with Gasteiger partial charge in [-0.3, -0.25) is 4.21 Å². The van der Waals surface area contributed by atoms with E-state index in [0.29, 0.717) is 18.6 Å². The van der Waals surface area contributed by atoms with Crippen molar-refractivity contribution in [2.75, 3.05) is 5.75 Å². The number of carbonyl (C=O) groups excluding carboxylic acids is 1. The Morgan fingerprint density at radius 2 is 2.13 bits per heavy atom. The normalized spacial score (nSPS) is 12.4. The van der Waals surface area contributed by atoms with Gasteiger partial charge in [-0.1, -0.05) is 12.1 Å². The van der Waals surface area contributed by atoms with E-state index in [1.165, 1.54) is 0 Å². The smallest absolute Gasteiger partial charge is 0.129 e. The summed E-state index contributed by atoms with van der Waals surface area (Å²) in [6.45, 7) is 3.55. The molecule has 0 bridgehead atoms. The highest BCUT2D eigenvalue weighted by atomic mass is 32.2. The minimum Gasteiger partial charge on any atom is -0.300 e. The summed E-state index contributed by atoms with van der Waals surface area (Å²) in [6.07, 6.45) is 1.23. The van der Waals surface area contributed by atoms with Crippen LogP contribution in [0.3, 0.4) is 0 Å². The molecule has 0 saturated heterocycles. The van der Waals surface area contributed by atoms with Gasteiger partial charge in [-0.2, -0.15) is 0 Å². The molecular weight excluding hydrogens is 208 g/mol. The van der Waals surface area contributed by atoms with E-state index in [2.05, 4.69) is 0 Å². The van der Waals surface area contributed by atoms with Gasteiger partial charge in [0.25, 0.3) is 0 Å². The summed E-state index contributed by atoms with van der Waals surface area (Å²) in [5.41, 5.74) is 1.12. The topological polar surface area (TPSA) is 34.1 Å². The predicted octanol–water partition coefficient (Wildman–Crippen LogP) is 2.47. The summed E-state index contributed by atoms with van der Waals surface area (Å²) >= 11 is 0. The van der Waals surface area contributed by atoms with Crippen molar-refractivity contribution in [1.29, 1.82) is 0 Å². The zero-order valence-electron chi connectivity index (χ0n) is 9.16. The van der Waals surface area contributed by atoms with Crippen molar-refractivity contribution >= 4 is 16.6 Å². The van der Waals surface area contributed by atoms with Crippen molar-refractivity contribution in [2.45, 2.75) is 31.6 Å². The van der Waals surface area contributed by atoms with Gasteiger partial charge in [0.1, 0.15) is 5.78 Å². The van der Waals surface area contributed by atoms with Gasteiger partial charge in [-0.25, -0.2) is 0 Å². The Morgan fingerprint density at radius 3 is 2.73 bits per heavy atom. The summed E-state index contributed by atoms with van der Waals surface area (Å²) in [4.78, 5) is 11.6. The first-order valence-electron chi connectivity index (χ1n) is 5.04. The first kappa shape index (κ1) is 12.1. The SMILES string of the molecule is CC(=O)CCCS(=O)c1cccc(C)c1. The lowest BCUT2D eigenvalue weighted by Gasteiger charge is -2.02. The number of rotatable bonds is 5. The Bertz CT molecular complexity index is 372. The molecule has 0 N–H and O–H groups in total. The molecule has 0 amide bonds. The average molecular weight is 224 g/mol. The van der Waals surface area contributed by atoms with Crippen molar-refractivity contribution in [2.24, 2.45) is 0 Å². The molecule has 15 heavy (non-hydrogen) atoms. The summed E-state index contributed by atoms with van der Waals surface area (Å²) in [5.74, 6) is 0.736. The molecule has 0 heterocycles. The van der Waals surface area contributed by atoms with Gasteiger partial charge in [0, 0.05) is 17.1 Å². The van der Waals surface area contributed by atoms with Crippen LogP contribution in [0.1, 0.15) is 25.3 Å². The standard InChI is InChI=1S/C12H16O2S/c1-10-5-3-7-12(9-10)15(14)8-4-6-11(2)13/h3,5,7,9H,4,6,8H2,1-2H3. The van der Waals surface area contributed by atoms with Crippen molar-refractivity contribution in [3.05, 3.63) is 29.8 Å². The van der Waals surface area contributed by atoms with E-state index in [1.54, 1.807) is 6.92 Å². The highest BCUT2D eigenvalue weighted by Gasteiger charge is 2.04. The van der Waals surface area contributed by atoms with Crippen molar-refractivity contribution in [3.8, 4) is 0 Å². The Kier molecular flexibility index (Phi) is 4.69. The third-order valence-corrected chi connectivity index (χ3v) is 3.55. The molecule has 0 fully saturated rings. The summed E-state index contributed by atoms with van der Waals surface area (Å²) in [7, 11) is -0.962. The van der Waals surface area contributed by atoms with E-state index in [-0.39, 0.29) is 5.78 Å². The molecule has 0 radical (unpaired) electrons. The maximum Gasteiger partial charge on any atom is 0.129 e. The van der Waals surface area contributed by atoms with E-state index < -0.39 is 10.8 Å². The number of hydrogen-bond donors (Lipinski definition) is 0. The first-order chi connectivity index (χ1) is 7.09. The predicted molar refractivity (Wildman–Crippen MR) is 62.4 cm³/mol. The number of hydrogen-bond acceptors (Lipinski definition) is 2. The lowest BCUT2D eigenvalue weighted by molar-refractivity contribution is -0.117. The Hall–Kier alpha value is -0.960. The fourth-order valence-corrected chi connectivity index (χ4v) is 2.52. The van der Waals surface area contributed by atoms with Crippen LogP contribution in [0.5, 0.6) is 0 Å². The molecule has 1 aromatic carbocycles. The van der Waals surface area contributed by atoms with E-state index >= 15 is 0 Å². The number of Topliss-reactive ketones (excluding diaryl/α,β-unsaturated/α-hetero) is 1. The lowest BCUT2D eigenvalue weighted by Crippen LogP contribution is -2.01. The fourth-order valence-electron chi connectivity index (χ4n) is 1.33. The third kappa shape index (κ3) is 4.38. The fraction of sp³-hybridized carbons (Fsp3) is 0.417. The quantitative estimate of drug-likeness (QED) is 0.770. The van der Waals surface area contributed by atoms with E-state index in [0.717, 1.165) is 10.5 Å². The van der Waals surface area contributed by atoms with Gasteiger partial charge >= 0.3 is 0 Å². The Morgan fingerprint density at radius 1 is 1.40 bits per heavy atom. The van der Waals surface area contributed by atoms with Crippen LogP contribution < -0.4 is 0 Å². The lowest BCUT2D eigenvalue weighted by atomic mass is 10.2. The molecule has 82 valence electrons. The molecule has 2 nitrogen and oxygen atoms in total. The summed E-state index contributed by atoms with van der Waals surface area (Å²) < 4.78 is 11.8. The van der Waals surface area contributed by atoms with Crippen LogP contribution in [0.15, 0.2) is 29.2 Å². The number of ketones is 1. The van der Waals surface area contributed by atoms with Gasteiger partial charge in [-0.05, 0) is 38.0 Å². The second kappa shape index (κ2) is 5.81. The van der Waals surface area contributed by atoms with Crippen LogP contribution in [0.4, 0.5) is 0 Å². The van der Waals surface area contributed by atoms with Crippen LogP contribution >= 0.6 is 0 Å². The Labute approximate surface area is 93.2 Å². The van der Waals surface area contributed by atoms with Crippen LogP contribution in [0, 0.1) is 6.92 Å². The van der Waals surface area contributed by atoms with Crippen molar-refractivity contribution in [3.63, 3.8) is 0 Å². The zero-order valence-corrected chi connectivity index (χ0v) is 9.97. The minimum absolute atomic E-state index is 0.163. The summed E-state index contributed by atoms with van der Waals surface area (Å²) in [5, 5.41) is 0. The van der Waals surface area contributed by atoms with Gasteiger partial charge < -0.3 is 4.79 Å². The molecule has 1 atom stereocenters. The highest BCUT2D eigenvalue weighted by Crippen LogP contribution is 2.10. The molecular formula is C12H16O2S. The molecule has 0 aromatic heterocycles. The average Bonchev–Trinajstić information content (AvgIpc) is 2.17. The number of benzene rings is 1. The van der Waals surface area contributed by atoms with Gasteiger partial charge in [0.2, 0.25) is 0 Å². The van der Waals surface area contributed by atoms with Crippen LogP contribution in [-0.2, 0) is 15.6 Å². The molecule has 1 aromatic rings. The third-order valence-electron chi connectivity index (χ3n) is 2.11. The molecule has 0 spiro atoms. The molecule has 3 heteroatoms. The van der Waals surface area contributed by atoms with Gasteiger partial charge in [0.15, 0.2) is 0 Å². The van der Waals surface area contributed by atoms with Crippen molar-refractivity contribution < 1.29 is 9.00 Å². The van der Waals surface area contributed by atoms with Gasteiger partial charge in [0.05, 0.1) is 10.8 Å². The molecule has 1 rings (SSSR count). The summed E-state index contributed by atoms with van der Waals surface area (Å²) in [6, 6.07) is 7.70. The van der Waals surface area contributed by atoms with Crippen LogP contribution in [-0.4, -0.2) is 15.7 Å². The maximum atomic E-state index is 11.8. The van der Waals surface area contributed by atoms with Crippen LogP contribution in [0.25, 0.3) is 0 Å². The molecule has 0 aliphatic rings. The van der Waals surface area contributed by atoms with E-state index in [9.17, 15) is 9.00 Å². The molecule has 0 saturated carbocycles. The number of aryl methyl sites for hydroxylation is 1. The van der Waals surface area contributed by atoms with Crippen LogP contribution in [0.2, 0.25) is 0 Å². The monoisotopic (exact) mass is 224 g/mol. The first-order valence-corrected chi connectivity index (χ1v) is 6.36. The van der Waals surface area contributed by atoms with E-state index in [4.69, 9.17) is 0 Å². The zero-order chi connectivity index (χ0) is 11.3. The maximum absolute atomic E-state index is 11.8. The molecule has 0 aliphatic carbocycles. The molecule has 1 unspecified atom stereocenters. The second-order valence-electron chi connectivity index (χ2n) is 3.67. The largest absolute Gasteiger partial charge is 0.300 e. The highest BCUT2D eigenvalue weighted by molar-refractivity contribution is 7.85. The van der Waals surface area contributed by atoms with Crippen molar-refractivity contribution in [1.82, 2.24) is 0 Å². The van der Waals surface area contributed by atoms with E-state index in [1.807, 2.05) is 31.2 Å². The Balaban J connectivity index is 2.50. The second-order valence-corrected chi connectivity index (χ2v) is 5.24. The van der Waals surface area contributed by atoms with Gasteiger partial charge in [-0.15, -0.1) is 0 Å². The minimum atomic E-state index is -0.962. The molecule has 0 aliphatic heterocycles.